The van der Waals surface area contributed by atoms with Gasteiger partial charge in [-0.25, -0.2) is 9.78 Å². The van der Waals surface area contributed by atoms with Crippen LogP contribution in [0, 0.1) is 0 Å². The molecule has 1 atom stereocenters. The molecule has 0 radical (unpaired) electrons. The third-order valence-corrected chi connectivity index (χ3v) is 3.55. The Balaban J connectivity index is 1.81. The Bertz CT molecular complexity index is 662. The van der Waals surface area contributed by atoms with Crippen molar-refractivity contribution in [1.29, 1.82) is 0 Å². The first kappa shape index (κ1) is 16.5. The number of aliphatic hydroxyl groups excluding tert-OH is 1. The number of hydrogen-bond donors (Lipinski definition) is 3. The highest BCUT2D eigenvalue weighted by Crippen LogP contribution is 2.25. The lowest BCUT2D eigenvalue weighted by Crippen LogP contribution is -2.37. The average molecular weight is 344 g/mol. The van der Waals surface area contributed by atoms with Crippen molar-refractivity contribution in [3.63, 3.8) is 0 Å². The number of aryl methyl sites for hydroxylation is 1. The molecule has 0 fully saturated rings. The minimum absolute atomic E-state index is 0.0198. The van der Waals surface area contributed by atoms with E-state index in [1.165, 1.54) is 12.4 Å². The fourth-order valence-electron chi connectivity index (χ4n) is 1.77. The van der Waals surface area contributed by atoms with E-state index in [1.54, 1.807) is 23.9 Å². The Morgan fingerprint density at radius 2 is 2.18 bits per heavy atom. The van der Waals surface area contributed by atoms with Crippen molar-refractivity contribution in [2.75, 3.05) is 6.54 Å². The topological polar surface area (TPSA) is 92.1 Å². The molecular weight excluding hydrogens is 329 g/mol. The minimum Gasteiger partial charge on any atom is -0.387 e. The minimum atomic E-state index is -0.926. The molecule has 3 N–H and O–H groups in total. The van der Waals surface area contributed by atoms with Crippen molar-refractivity contribution < 1.29 is 9.90 Å². The van der Waals surface area contributed by atoms with E-state index in [9.17, 15) is 9.90 Å². The summed E-state index contributed by atoms with van der Waals surface area (Å²) in [6.45, 7) is 0.256. The zero-order valence-electron chi connectivity index (χ0n) is 11.8. The Kier molecular flexibility index (Phi) is 5.59. The maximum atomic E-state index is 11.7. The number of hydrogen-bond acceptors (Lipinski definition) is 4. The molecule has 1 heterocycles. The van der Waals surface area contributed by atoms with Gasteiger partial charge in [0, 0.05) is 29.2 Å². The predicted molar refractivity (Wildman–Crippen MR) is 82.7 cm³/mol. The largest absolute Gasteiger partial charge is 0.387 e. The smallest absolute Gasteiger partial charge is 0.315 e. The van der Waals surface area contributed by atoms with E-state index in [0.29, 0.717) is 21.4 Å². The Morgan fingerprint density at radius 1 is 1.41 bits per heavy atom. The van der Waals surface area contributed by atoms with E-state index in [2.05, 4.69) is 20.7 Å². The molecule has 22 heavy (non-hydrogen) atoms. The lowest BCUT2D eigenvalue weighted by Gasteiger charge is -2.14. The van der Waals surface area contributed by atoms with Crippen molar-refractivity contribution in [2.45, 2.75) is 12.6 Å². The highest BCUT2D eigenvalue weighted by Gasteiger charge is 2.13. The molecule has 9 heteroatoms. The molecule has 1 unspecified atom stereocenters. The number of benzene rings is 1. The molecule has 0 bridgehead atoms. The van der Waals surface area contributed by atoms with E-state index in [1.807, 2.05) is 0 Å². The summed E-state index contributed by atoms with van der Waals surface area (Å²) >= 11 is 11.8. The van der Waals surface area contributed by atoms with Crippen LogP contribution in [0.3, 0.4) is 0 Å². The van der Waals surface area contributed by atoms with Gasteiger partial charge in [-0.3, -0.25) is 4.68 Å². The average Bonchev–Trinajstić information content (AvgIpc) is 2.88. The zero-order chi connectivity index (χ0) is 16.1. The number of aromatic nitrogens is 3. The summed E-state index contributed by atoms with van der Waals surface area (Å²) in [6, 6.07) is 4.36. The van der Waals surface area contributed by atoms with Gasteiger partial charge < -0.3 is 15.7 Å². The van der Waals surface area contributed by atoms with Gasteiger partial charge in [-0.15, -0.1) is 0 Å². The van der Waals surface area contributed by atoms with Gasteiger partial charge >= 0.3 is 6.03 Å². The molecule has 0 aliphatic carbocycles. The van der Waals surface area contributed by atoms with Crippen molar-refractivity contribution in [1.82, 2.24) is 25.4 Å². The van der Waals surface area contributed by atoms with Crippen LogP contribution in [-0.4, -0.2) is 32.4 Å². The second kappa shape index (κ2) is 7.44. The number of amides is 2. The highest BCUT2D eigenvalue weighted by atomic mass is 35.5. The van der Waals surface area contributed by atoms with Gasteiger partial charge in [0.2, 0.25) is 0 Å². The molecule has 0 aliphatic rings. The van der Waals surface area contributed by atoms with Crippen LogP contribution in [0.1, 0.15) is 17.5 Å². The third kappa shape index (κ3) is 4.33. The molecule has 0 saturated carbocycles. The number of nitrogens with zero attached hydrogens (tertiary/aromatic N) is 3. The van der Waals surface area contributed by atoms with Gasteiger partial charge in [-0.2, -0.15) is 5.10 Å². The van der Waals surface area contributed by atoms with Crippen LogP contribution in [0.15, 0.2) is 24.5 Å². The molecule has 0 saturated heterocycles. The van der Waals surface area contributed by atoms with E-state index >= 15 is 0 Å². The monoisotopic (exact) mass is 343 g/mol. The third-order valence-electron chi connectivity index (χ3n) is 2.99. The molecule has 1 aromatic heterocycles. The van der Waals surface area contributed by atoms with Crippen molar-refractivity contribution in [2.24, 2.45) is 7.05 Å². The molecule has 118 valence electrons. The maximum Gasteiger partial charge on any atom is 0.315 e. The van der Waals surface area contributed by atoms with Crippen LogP contribution in [0.2, 0.25) is 10.0 Å². The lowest BCUT2D eigenvalue weighted by atomic mass is 10.1. The number of carbonyl (C=O) groups excluding carboxylic acids is 1. The van der Waals surface area contributed by atoms with Gasteiger partial charge in [0.15, 0.2) is 0 Å². The summed E-state index contributed by atoms with van der Waals surface area (Å²) in [5.74, 6) is 0.622. The van der Waals surface area contributed by atoms with Gasteiger partial charge in [0.05, 0.1) is 12.6 Å². The second-order valence-electron chi connectivity index (χ2n) is 4.55. The number of halogens is 2. The van der Waals surface area contributed by atoms with Crippen LogP contribution in [-0.2, 0) is 13.6 Å². The maximum absolute atomic E-state index is 11.7. The summed E-state index contributed by atoms with van der Waals surface area (Å²) in [5.41, 5.74) is 0.500. The van der Waals surface area contributed by atoms with E-state index in [0.717, 1.165) is 0 Å². The van der Waals surface area contributed by atoms with Crippen LogP contribution >= 0.6 is 23.2 Å². The lowest BCUT2D eigenvalue weighted by molar-refractivity contribution is 0.173. The molecule has 2 aromatic rings. The molecule has 1 aromatic carbocycles. The molecule has 7 nitrogen and oxygen atoms in total. The van der Waals surface area contributed by atoms with E-state index in [-0.39, 0.29) is 13.1 Å². The van der Waals surface area contributed by atoms with Crippen molar-refractivity contribution >= 4 is 29.2 Å². The highest BCUT2D eigenvalue weighted by molar-refractivity contribution is 6.35. The number of carbonyl (C=O) groups is 1. The van der Waals surface area contributed by atoms with E-state index in [4.69, 9.17) is 23.2 Å². The SMILES string of the molecule is Cn1ncnc1CNC(=O)NCC(O)c1ccc(Cl)cc1Cl. The molecule has 2 rings (SSSR count). The van der Waals surface area contributed by atoms with Gasteiger partial charge in [-0.05, 0) is 12.1 Å². The van der Waals surface area contributed by atoms with Crippen molar-refractivity contribution in [3.8, 4) is 0 Å². The standard InChI is InChI=1S/C13H15Cl2N5O2/c1-20-12(18-7-19-20)6-17-13(22)16-5-11(21)9-3-2-8(14)4-10(9)15/h2-4,7,11,21H,5-6H2,1H3,(H2,16,17,22). The van der Waals surface area contributed by atoms with Crippen LogP contribution in [0.25, 0.3) is 0 Å². The quantitative estimate of drug-likeness (QED) is 0.769. The van der Waals surface area contributed by atoms with Crippen LogP contribution in [0.5, 0.6) is 0 Å². The molecule has 0 spiro atoms. The summed E-state index contributed by atoms with van der Waals surface area (Å²) < 4.78 is 1.56. The first-order valence-corrected chi connectivity index (χ1v) is 7.20. The Morgan fingerprint density at radius 3 is 2.82 bits per heavy atom. The van der Waals surface area contributed by atoms with Crippen LogP contribution < -0.4 is 10.6 Å². The Hall–Kier alpha value is -1.83. The summed E-state index contributed by atoms with van der Waals surface area (Å²) in [5, 5.41) is 19.9. The Labute approximate surface area is 137 Å². The number of urea groups is 1. The number of nitrogens with one attached hydrogen (secondary N) is 2. The summed E-state index contributed by atoms with van der Waals surface area (Å²) in [4.78, 5) is 15.7. The van der Waals surface area contributed by atoms with Crippen LogP contribution in [0.4, 0.5) is 4.79 Å². The first-order valence-electron chi connectivity index (χ1n) is 6.45. The summed E-state index contributed by atoms with van der Waals surface area (Å²) in [7, 11) is 1.73. The van der Waals surface area contributed by atoms with Crippen molar-refractivity contribution in [3.05, 3.63) is 46.0 Å². The second-order valence-corrected chi connectivity index (χ2v) is 5.39. The van der Waals surface area contributed by atoms with Gasteiger partial charge in [-0.1, -0.05) is 29.3 Å². The fraction of sp³-hybridized carbons (Fsp3) is 0.308. The zero-order valence-corrected chi connectivity index (χ0v) is 13.3. The molecular formula is C13H15Cl2N5O2. The first-order chi connectivity index (χ1) is 10.5. The summed E-state index contributed by atoms with van der Waals surface area (Å²) in [6.07, 6.45) is 0.478. The van der Waals surface area contributed by atoms with Gasteiger partial charge in [0.1, 0.15) is 12.2 Å². The normalized spacial score (nSPS) is 12.0. The van der Waals surface area contributed by atoms with Gasteiger partial charge in [0.25, 0.3) is 0 Å². The molecule has 2 amide bonds. The number of aliphatic hydroxyl groups is 1. The molecule has 0 aliphatic heterocycles. The van der Waals surface area contributed by atoms with E-state index < -0.39 is 12.1 Å². The number of rotatable bonds is 5. The fourth-order valence-corrected chi connectivity index (χ4v) is 2.31. The predicted octanol–water partition coefficient (Wildman–Crippen LogP) is 1.65.